The van der Waals surface area contributed by atoms with Crippen LogP contribution in [0.25, 0.3) is 0 Å². The zero-order valence-electron chi connectivity index (χ0n) is 11.0. The molecule has 5 heteroatoms. The maximum absolute atomic E-state index is 11.9. The van der Waals surface area contributed by atoms with Gasteiger partial charge in [-0.25, -0.2) is 0 Å². The Morgan fingerprint density at radius 2 is 1.94 bits per heavy atom. The average molecular weight is 314 g/mol. The van der Waals surface area contributed by atoms with Crippen LogP contribution in [0.15, 0.2) is 6.07 Å². The van der Waals surface area contributed by atoms with Crippen LogP contribution >= 0.6 is 15.9 Å². The minimum absolute atomic E-state index is 0.0500. The number of carbonyl (C=O) groups is 1. The van der Waals surface area contributed by atoms with Crippen LogP contribution in [0.3, 0.4) is 0 Å². The minimum Gasteiger partial charge on any atom is -0.352 e. The number of rotatable bonds is 7. The lowest BCUT2D eigenvalue weighted by atomic mass is 10.1. The Morgan fingerprint density at radius 3 is 2.67 bits per heavy atom. The van der Waals surface area contributed by atoms with Crippen LogP contribution in [0.2, 0.25) is 0 Å². The van der Waals surface area contributed by atoms with Crippen molar-refractivity contribution in [3.8, 4) is 0 Å². The summed E-state index contributed by atoms with van der Waals surface area (Å²) in [6.07, 6.45) is 4.57. The molecule has 0 bridgehead atoms. The summed E-state index contributed by atoms with van der Waals surface area (Å²) in [6.45, 7) is 4.36. The van der Waals surface area contributed by atoms with E-state index in [1.54, 1.807) is 13.0 Å². The SMILES string of the molecule is Cc1cc(C(=O)NCCCCCCBr)c(C)nn1. The number of carbonyl (C=O) groups excluding carboxylic acids is 1. The highest BCUT2D eigenvalue weighted by Gasteiger charge is 2.09. The number of nitrogens with zero attached hydrogens (tertiary/aromatic N) is 2. The maximum Gasteiger partial charge on any atom is 0.253 e. The van der Waals surface area contributed by atoms with Gasteiger partial charge in [-0.2, -0.15) is 10.2 Å². The van der Waals surface area contributed by atoms with Crippen LogP contribution in [0.1, 0.15) is 47.4 Å². The Hall–Kier alpha value is -0.970. The quantitative estimate of drug-likeness (QED) is 0.622. The fourth-order valence-corrected chi connectivity index (χ4v) is 2.05. The summed E-state index contributed by atoms with van der Waals surface area (Å²) in [7, 11) is 0. The largest absolute Gasteiger partial charge is 0.352 e. The van der Waals surface area contributed by atoms with E-state index in [0.29, 0.717) is 11.3 Å². The molecule has 0 radical (unpaired) electrons. The molecule has 0 atom stereocenters. The Bertz CT molecular complexity index is 396. The lowest BCUT2D eigenvalue weighted by Gasteiger charge is -2.07. The van der Waals surface area contributed by atoms with Crippen molar-refractivity contribution in [3.05, 3.63) is 23.0 Å². The first kappa shape index (κ1) is 15.1. The third-order valence-electron chi connectivity index (χ3n) is 2.69. The second kappa shape index (κ2) is 8.19. The van der Waals surface area contributed by atoms with Crippen LogP contribution in [-0.4, -0.2) is 28.0 Å². The van der Waals surface area contributed by atoms with E-state index in [9.17, 15) is 4.79 Å². The fourth-order valence-electron chi connectivity index (χ4n) is 1.65. The average Bonchev–Trinajstić information content (AvgIpc) is 2.36. The summed E-state index contributed by atoms with van der Waals surface area (Å²) in [5.41, 5.74) is 2.07. The molecular formula is C13H20BrN3O. The molecule has 0 saturated heterocycles. The van der Waals surface area contributed by atoms with Crippen molar-refractivity contribution < 1.29 is 4.79 Å². The van der Waals surface area contributed by atoms with Crippen molar-refractivity contribution in [2.45, 2.75) is 39.5 Å². The zero-order chi connectivity index (χ0) is 13.4. The summed E-state index contributed by atoms with van der Waals surface area (Å²) in [4.78, 5) is 11.9. The second-order valence-corrected chi connectivity index (χ2v) is 5.14. The summed E-state index contributed by atoms with van der Waals surface area (Å²) in [5, 5.41) is 11.9. The highest BCUT2D eigenvalue weighted by atomic mass is 79.9. The van der Waals surface area contributed by atoms with Gasteiger partial charge in [0.25, 0.3) is 5.91 Å². The van der Waals surface area contributed by atoms with Gasteiger partial charge in [-0.05, 0) is 32.8 Å². The summed E-state index contributed by atoms with van der Waals surface area (Å²) < 4.78 is 0. The summed E-state index contributed by atoms with van der Waals surface area (Å²) >= 11 is 3.40. The van der Waals surface area contributed by atoms with Crippen molar-refractivity contribution in [1.29, 1.82) is 0 Å². The first-order valence-corrected chi connectivity index (χ1v) is 7.42. The molecule has 1 amide bonds. The van der Waals surface area contributed by atoms with Crippen LogP contribution < -0.4 is 5.32 Å². The number of amides is 1. The molecule has 18 heavy (non-hydrogen) atoms. The molecule has 0 aromatic carbocycles. The van der Waals surface area contributed by atoms with Gasteiger partial charge in [-0.1, -0.05) is 28.8 Å². The van der Waals surface area contributed by atoms with E-state index in [2.05, 4.69) is 31.4 Å². The first-order chi connectivity index (χ1) is 8.65. The van der Waals surface area contributed by atoms with Crippen molar-refractivity contribution >= 4 is 21.8 Å². The Morgan fingerprint density at radius 1 is 1.22 bits per heavy atom. The molecule has 1 rings (SSSR count). The molecule has 0 spiro atoms. The molecule has 0 unspecified atom stereocenters. The lowest BCUT2D eigenvalue weighted by Crippen LogP contribution is -2.25. The van der Waals surface area contributed by atoms with Gasteiger partial charge in [0.15, 0.2) is 0 Å². The molecular weight excluding hydrogens is 294 g/mol. The van der Waals surface area contributed by atoms with E-state index < -0.39 is 0 Å². The van der Waals surface area contributed by atoms with Gasteiger partial charge >= 0.3 is 0 Å². The molecule has 4 nitrogen and oxygen atoms in total. The van der Waals surface area contributed by atoms with Crippen LogP contribution in [0, 0.1) is 13.8 Å². The molecule has 0 fully saturated rings. The van der Waals surface area contributed by atoms with Crippen LogP contribution in [0.4, 0.5) is 0 Å². The molecule has 100 valence electrons. The number of nitrogens with one attached hydrogen (secondary N) is 1. The number of halogens is 1. The third kappa shape index (κ3) is 5.12. The van der Waals surface area contributed by atoms with Crippen LogP contribution in [-0.2, 0) is 0 Å². The monoisotopic (exact) mass is 313 g/mol. The highest BCUT2D eigenvalue weighted by Crippen LogP contribution is 2.05. The Balaban J connectivity index is 2.34. The molecule has 1 N–H and O–H groups in total. The summed E-state index contributed by atoms with van der Waals surface area (Å²) in [5.74, 6) is -0.0500. The van der Waals surface area contributed by atoms with Gasteiger partial charge < -0.3 is 5.32 Å². The van der Waals surface area contributed by atoms with Gasteiger partial charge in [-0.3, -0.25) is 4.79 Å². The van der Waals surface area contributed by atoms with Gasteiger partial charge in [0, 0.05) is 11.9 Å². The number of unbranched alkanes of at least 4 members (excludes halogenated alkanes) is 3. The Kier molecular flexibility index (Phi) is 6.86. The maximum atomic E-state index is 11.9. The van der Waals surface area contributed by atoms with E-state index in [1.165, 1.54) is 12.8 Å². The van der Waals surface area contributed by atoms with E-state index in [-0.39, 0.29) is 5.91 Å². The molecule has 0 aliphatic rings. The van der Waals surface area contributed by atoms with E-state index >= 15 is 0 Å². The van der Waals surface area contributed by atoms with E-state index in [0.717, 1.165) is 30.4 Å². The standard InChI is InChI=1S/C13H20BrN3O/c1-10-9-12(11(2)17-16-10)13(18)15-8-6-4-3-5-7-14/h9H,3-8H2,1-2H3,(H,15,18). The highest BCUT2D eigenvalue weighted by molar-refractivity contribution is 9.09. The lowest BCUT2D eigenvalue weighted by molar-refractivity contribution is 0.0951. The first-order valence-electron chi connectivity index (χ1n) is 6.30. The predicted molar refractivity (Wildman–Crippen MR) is 76.1 cm³/mol. The van der Waals surface area contributed by atoms with E-state index in [1.807, 2.05) is 6.92 Å². The summed E-state index contributed by atoms with van der Waals surface area (Å²) in [6, 6.07) is 1.78. The molecule has 0 saturated carbocycles. The van der Waals surface area contributed by atoms with Crippen molar-refractivity contribution in [1.82, 2.24) is 15.5 Å². The number of hydrogen-bond donors (Lipinski definition) is 1. The van der Waals surface area contributed by atoms with Crippen molar-refractivity contribution in [3.63, 3.8) is 0 Å². The smallest absolute Gasteiger partial charge is 0.253 e. The van der Waals surface area contributed by atoms with Gasteiger partial charge in [-0.15, -0.1) is 0 Å². The number of aromatic nitrogens is 2. The number of alkyl halides is 1. The number of hydrogen-bond acceptors (Lipinski definition) is 3. The van der Waals surface area contributed by atoms with Gasteiger partial charge in [0.2, 0.25) is 0 Å². The predicted octanol–water partition coefficient (Wildman–Crippen LogP) is 2.78. The fraction of sp³-hybridized carbons (Fsp3) is 0.615. The van der Waals surface area contributed by atoms with Crippen molar-refractivity contribution in [2.75, 3.05) is 11.9 Å². The van der Waals surface area contributed by atoms with Gasteiger partial charge in [0.1, 0.15) is 0 Å². The number of aryl methyl sites for hydroxylation is 2. The molecule has 1 heterocycles. The minimum atomic E-state index is -0.0500. The normalized spacial score (nSPS) is 10.4. The van der Waals surface area contributed by atoms with Gasteiger partial charge in [0.05, 0.1) is 17.0 Å². The Labute approximate surface area is 117 Å². The molecule has 0 aliphatic carbocycles. The molecule has 1 aromatic heterocycles. The zero-order valence-corrected chi connectivity index (χ0v) is 12.6. The molecule has 0 aliphatic heterocycles. The molecule has 1 aromatic rings. The third-order valence-corrected chi connectivity index (χ3v) is 3.25. The topological polar surface area (TPSA) is 54.9 Å². The van der Waals surface area contributed by atoms with E-state index in [4.69, 9.17) is 0 Å². The van der Waals surface area contributed by atoms with Crippen molar-refractivity contribution in [2.24, 2.45) is 0 Å². The van der Waals surface area contributed by atoms with Crippen LogP contribution in [0.5, 0.6) is 0 Å². The second-order valence-electron chi connectivity index (χ2n) is 4.34.